The first kappa shape index (κ1) is 17.5. The molecule has 0 aliphatic heterocycles. The van der Waals surface area contributed by atoms with Gasteiger partial charge in [0.25, 0.3) is 0 Å². The molecule has 0 aliphatic rings. The number of sulfonamides is 1. The number of nitrogens with one attached hydrogen (secondary N) is 2. The van der Waals surface area contributed by atoms with Crippen molar-refractivity contribution in [3.05, 3.63) is 29.8 Å². The van der Waals surface area contributed by atoms with Crippen LogP contribution in [0.5, 0.6) is 5.75 Å². The summed E-state index contributed by atoms with van der Waals surface area (Å²) in [6.07, 6.45) is 1.14. The van der Waals surface area contributed by atoms with E-state index in [0.717, 1.165) is 11.3 Å². The number of rotatable bonds is 9. The first-order chi connectivity index (χ1) is 9.98. The zero-order valence-electron chi connectivity index (χ0n) is 12.4. The van der Waals surface area contributed by atoms with Gasteiger partial charge < -0.3 is 10.1 Å². The van der Waals surface area contributed by atoms with Gasteiger partial charge in [-0.3, -0.25) is 4.79 Å². The highest BCUT2D eigenvalue weighted by atomic mass is 32.2. The second-order valence-electron chi connectivity index (χ2n) is 4.55. The first-order valence-corrected chi connectivity index (χ1v) is 8.49. The maximum atomic E-state index is 11.6. The number of hydrogen-bond acceptors (Lipinski definition) is 4. The minimum absolute atomic E-state index is 0.0293. The van der Waals surface area contributed by atoms with Crippen molar-refractivity contribution >= 4 is 15.9 Å². The molecule has 6 nitrogen and oxygen atoms in total. The van der Waals surface area contributed by atoms with Crippen LogP contribution < -0.4 is 14.8 Å². The Kier molecular flexibility index (Phi) is 7.18. The molecule has 0 bridgehead atoms. The van der Waals surface area contributed by atoms with Crippen LogP contribution in [0.25, 0.3) is 0 Å². The molecule has 0 aliphatic carbocycles. The minimum Gasteiger partial charge on any atom is -0.496 e. The third-order valence-corrected chi connectivity index (χ3v) is 4.36. The number of carbonyl (C=O) groups is 1. The van der Waals surface area contributed by atoms with Gasteiger partial charge in [0.05, 0.1) is 19.4 Å². The SMILES string of the molecule is CCCS(=O)(=O)NCC(=O)NCCc1ccccc1OC. The Labute approximate surface area is 125 Å². The fourth-order valence-electron chi connectivity index (χ4n) is 1.82. The van der Waals surface area contributed by atoms with Gasteiger partial charge in [-0.05, 0) is 24.5 Å². The molecule has 0 fully saturated rings. The van der Waals surface area contributed by atoms with Crippen LogP contribution in [-0.2, 0) is 21.2 Å². The predicted octanol–water partition coefficient (Wildman–Crippen LogP) is 0.683. The summed E-state index contributed by atoms with van der Waals surface area (Å²) in [6, 6.07) is 7.56. The van der Waals surface area contributed by atoms with Crippen molar-refractivity contribution in [2.75, 3.05) is 26.0 Å². The molecular weight excluding hydrogens is 292 g/mol. The highest BCUT2D eigenvalue weighted by Crippen LogP contribution is 2.17. The van der Waals surface area contributed by atoms with Gasteiger partial charge >= 0.3 is 0 Å². The second kappa shape index (κ2) is 8.63. The van der Waals surface area contributed by atoms with Crippen molar-refractivity contribution in [3.8, 4) is 5.75 Å². The van der Waals surface area contributed by atoms with Crippen LogP contribution in [0.15, 0.2) is 24.3 Å². The van der Waals surface area contributed by atoms with Gasteiger partial charge in [-0.15, -0.1) is 0 Å². The lowest BCUT2D eigenvalue weighted by Gasteiger charge is -2.09. The monoisotopic (exact) mass is 314 g/mol. The predicted molar refractivity (Wildman–Crippen MR) is 81.8 cm³/mol. The van der Waals surface area contributed by atoms with Crippen LogP contribution in [0.4, 0.5) is 0 Å². The van der Waals surface area contributed by atoms with Gasteiger partial charge in [-0.2, -0.15) is 0 Å². The van der Waals surface area contributed by atoms with E-state index < -0.39 is 10.0 Å². The zero-order valence-corrected chi connectivity index (χ0v) is 13.2. The van der Waals surface area contributed by atoms with Gasteiger partial charge in [-0.1, -0.05) is 25.1 Å². The Hall–Kier alpha value is -1.60. The van der Waals surface area contributed by atoms with Crippen molar-refractivity contribution in [1.29, 1.82) is 0 Å². The summed E-state index contributed by atoms with van der Waals surface area (Å²) in [5.41, 5.74) is 0.992. The average molecular weight is 314 g/mol. The summed E-state index contributed by atoms with van der Waals surface area (Å²) >= 11 is 0. The van der Waals surface area contributed by atoms with Gasteiger partial charge in [-0.25, -0.2) is 13.1 Å². The van der Waals surface area contributed by atoms with E-state index in [2.05, 4.69) is 10.0 Å². The molecule has 1 aromatic carbocycles. The summed E-state index contributed by atoms with van der Waals surface area (Å²) in [7, 11) is -1.75. The molecule has 0 atom stereocenters. The van der Waals surface area contributed by atoms with Gasteiger partial charge in [0.15, 0.2) is 0 Å². The molecule has 0 saturated carbocycles. The third kappa shape index (κ3) is 6.59. The summed E-state index contributed by atoms with van der Waals surface area (Å²) in [6.45, 7) is 1.97. The number of methoxy groups -OCH3 is 1. The van der Waals surface area contributed by atoms with Crippen molar-refractivity contribution in [2.45, 2.75) is 19.8 Å². The molecule has 0 radical (unpaired) electrons. The van der Waals surface area contributed by atoms with Crippen LogP contribution in [0.1, 0.15) is 18.9 Å². The topological polar surface area (TPSA) is 84.5 Å². The number of carbonyl (C=O) groups excluding carboxylic acids is 1. The van der Waals surface area contributed by atoms with Crippen LogP contribution in [0, 0.1) is 0 Å². The molecule has 7 heteroatoms. The van der Waals surface area contributed by atoms with Crippen molar-refractivity contribution in [1.82, 2.24) is 10.0 Å². The highest BCUT2D eigenvalue weighted by Gasteiger charge is 2.10. The fraction of sp³-hybridized carbons (Fsp3) is 0.500. The lowest BCUT2D eigenvalue weighted by atomic mass is 10.1. The van der Waals surface area contributed by atoms with Gasteiger partial charge in [0.1, 0.15) is 5.75 Å². The Bertz CT molecular complexity index is 558. The summed E-state index contributed by atoms with van der Waals surface area (Å²) < 4.78 is 30.3. The van der Waals surface area contributed by atoms with Crippen molar-refractivity contribution < 1.29 is 17.9 Å². The maximum Gasteiger partial charge on any atom is 0.235 e. The summed E-state index contributed by atoms with van der Waals surface area (Å²) in [5, 5.41) is 2.68. The van der Waals surface area contributed by atoms with Crippen molar-refractivity contribution in [3.63, 3.8) is 0 Å². The number of para-hydroxylation sites is 1. The van der Waals surface area contributed by atoms with E-state index in [-0.39, 0.29) is 18.2 Å². The van der Waals surface area contributed by atoms with Crippen LogP contribution in [0.2, 0.25) is 0 Å². The minimum atomic E-state index is -3.35. The lowest BCUT2D eigenvalue weighted by Crippen LogP contribution is -2.38. The molecule has 0 aromatic heterocycles. The third-order valence-electron chi connectivity index (χ3n) is 2.83. The number of benzene rings is 1. The van der Waals surface area contributed by atoms with E-state index in [1.165, 1.54) is 0 Å². The molecular formula is C14H22N2O4S. The molecule has 0 heterocycles. The average Bonchev–Trinajstić information content (AvgIpc) is 2.46. The van der Waals surface area contributed by atoms with E-state index in [9.17, 15) is 13.2 Å². The van der Waals surface area contributed by atoms with E-state index in [1.807, 2.05) is 24.3 Å². The molecule has 0 unspecified atom stereocenters. The maximum absolute atomic E-state index is 11.6. The molecule has 0 saturated heterocycles. The van der Waals surface area contributed by atoms with E-state index in [0.29, 0.717) is 19.4 Å². The molecule has 1 amide bonds. The number of hydrogen-bond donors (Lipinski definition) is 2. The molecule has 1 aromatic rings. The Morgan fingerprint density at radius 3 is 2.67 bits per heavy atom. The second-order valence-corrected chi connectivity index (χ2v) is 6.48. The molecule has 0 spiro atoms. The summed E-state index contributed by atoms with van der Waals surface area (Å²) in [5.74, 6) is 0.460. The lowest BCUT2D eigenvalue weighted by molar-refractivity contribution is -0.119. The number of amides is 1. The van der Waals surface area contributed by atoms with Crippen LogP contribution in [0.3, 0.4) is 0 Å². The van der Waals surface area contributed by atoms with E-state index in [1.54, 1.807) is 14.0 Å². The Morgan fingerprint density at radius 2 is 2.00 bits per heavy atom. The first-order valence-electron chi connectivity index (χ1n) is 6.84. The van der Waals surface area contributed by atoms with E-state index in [4.69, 9.17) is 4.74 Å². The smallest absolute Gasteiger partial charge is 0.235 e. The molecule has 21 heavy (non-hydrogen) atoms. The quantitative estimate of drug-likeness (QED) is 0.702. The largest absolute Gasteiger partial charge is 0.496 e. The highest BCUT2D eigenvalue weighted by molar-refractivity contribution is 7.89. The molecule has 1 rings (SSSR count). The number of ether oxygens (including phenoxy) is 1. The Balaban J connectivity index is 2.34. The summed E-state index contributed by atoms with van der Waals surface area (Å²) in [4.78, 5) is 11.6. The molecule has 2 N–H and O–H groups in total. The zero-order chi connectivity index (χ0) is 15.7. The van der Waals surface area contributed by atoms with Gasteiger partial charge in [0, 0.05) is 6.54 Å². The molecule has 118 valence electrons. The van der Waals surface area contributed by atoms with Gasteiger partial charge in [0.2, 0.25) is 15.9 Å². The van der Waals surface area contributed by atoms with Crippen LogP contribution in [-0.4, -0.2) is 40.3 Å². The van der Waals surface area contributed by atoms with E-state index >= 15 is 0 Å². The van der Waals surface area contributed by atoms with Crippen molar-refractivity contribution in [2.24, 2.45) is 0 Å². The standard InChI is InChI=1S/C14H22N2O4S/c1-3-10-21(18,19)16-11-14(17)15-9-8-12-6-4-5-7-13(12)20-2/h4-7,16H,3,8-11H2,1-2H3,(H,15,17). The fourth-order valence-corrected chi connectivity index (χ4v) is 2.86. The normalized spacial score (nSPS) is 11.1. The van der Waals surface area contributed by atoms with Crippen LogP contribution >= 0.6 is 0 Å². The Morgan fingerprint density at radius 1 is 1.29 bits per heavy atom.